The van der Waals surface area contributed by atoms with Crippen LogP contribution in [0.1, 0.15) is 18.4 Å². The minimum atomic E-state index is -0.0456. The summed E-state index contributed by atoms with van der Waals surface area (Å²) in [7, 11) is 0. The van der Waals surface area contributed by atoms with Gasteiger partial charge in [0.1, 0.15) is 0 Å². The summed E-state index contributed by atoms with van der Waals surface area (Å²) in [5, 5.41) is 0. The fourth-order valence-corrected chi connectivity index (χ4v) is 2.56. The number of carbonyl (C=O) groups excluding carboxylic acids is 2. The Morgan fingerprint density at radius 2 is 1.67 bits per heavy atom. The van der Waals surface area contributed by atoms with Gasteiger partial charge < -0.3 is 5.73 Å². The van der Waals surface area contributed by atoms with E-state index in [1.807, 2.05) is 18.2 Å². The van der Waals surface area contributed by atoms with Crippen molar-refractivity contribution >= 4 is 11.8 Å². The van der Waals surface area contributed by atoms with Gasteiger partial charge in [0.25, 0.3) is 0 Å². The van der Waals surface area contributed by atoms with Crippen LogP contribution in [0, 0.1) is 0 Å². The molecule has 0 aliphatic carbocycles. The summed E-state index contributed by atoms with van der Waals surface area (Å²) in [5.74, 6) is -0.0912. The molecule has 1 heterocycles. The zero-order chi connectivity index (χ0) is 15.1. The molecule has 0 atom stereocenters. The van der Waals surface area contributed by atoms with E-state index in [1.165, 1.54) is 10.5 Å². The van der Waals surface area contributed by atoms with Gasteiger partial charge in [0.15, 0.2) is 0 Å². The summed E-state index contributed by atoms with van der Waals surface area (Å²) >= 11 is 0. The van der Waals surface area contributed by atoms with E-state index in [2.05, 4.69) is 17.0 Å². The summed E-state index contributed by atoms with van der Waals surface area (Å²) in [6.07, 6.45) is 1.67. The summed E-state index contributed by atoms with van der Waals surface area (Å²) in [6, 6.07) is 10.3. The Hall–Kier alpha value is -1.72. The van der Waals surface area contributed by atoms with Crippen LogP contribution >= 0.6 is 0 Å². The highest BCUT2D eigenvalue weighted by atomic mass is 16.2. The third-order valence-corrected chi connectivity index (χ3v) is 3.80. The van der Waals surface area contributed by atoms with Crippen LogP contribution in [-0.4, -0.2) is 54.3 Å². The smallest absolute Gasteiger partial charge is 0.229 e. The fourth-order valence-electron chi connectivity index (χ4n) is 2.56. The first-order valence-electron chi connectivity index (χ1n) is 7.50. The highest BCUT2D eigenvalue weighted by Crippen LogP contribution is 2.11. The van der Waals surface area contributed by atoms with E-state index >= 15 is 0 Å². The zero-order valence-corrected chi connectivity index (χ0v) is 12.3. The minimum absolute atomic E-state index is 0.0456. The molecular formula is C16H23N3O2. The molecule has 5 nitrogen and oxygen atoms in total. The average Bonchev–Trinajstić information content (AvgIpc) is 2.82. The van der Waals surface area contributed by atoms with Crippen molar-refractivity contribution in [2.24, 2.45) is 5.73 Å². The Bertz CT molecular complexity index is 460. The molecule has 0 bridgehead atoms. The number of benzene rings is 1. The van der Waals surface area contributed by atoms with Crippen molar-refractivity contribution in [1.29, 1.82) is 0 Å². The lowest BCUT2D eigenvalue weighted by molar-refractivity contribution is -0.138. The Kier molecular flexibility index (Phi) is 5.90. The van der Waals surface area contributed by atoms with Gasteiger partial charge in [0.2, 0.25) is 11.8 Å². The first kappa shape index (κ1) is 15.7. The molecule has 5 heteroatoms. The third-order valence-electron chi connectivity index (χ3n) is 3.80. The first-order valence-corrected chi connectivity index (χ1v) is 7.50. The van der Waals surface area contributed by atoms with Gasteiger partial charge in [-0.2, -0.15) is 0 Å². The van der Waals surface area contributed by atoms with Gasteiger partial charge in [0, 0.05) is 45.6 Å². The molecule has 2 N–H and O–H groups in total. The molecule has 0 spiro atoms. The van der Waals surface area contributed by atoms with E-state index in [0.29, 0.717) is 32.5 Å². The number of imide groups is 1. The number of hydrogen-bond acceptors (Lipinski definition) is 4. The summed E-state index contributed by atoms with van der Waals surface area (Å²) in [4.78, 5) is 26.8. The predicted molar refractivity (Wildman–Crippen MR) is 81.6 cm³/mol. The van der Waals surface area contributed by atoms with Crippen LogP contribution in [0.15, 0.2) is 30.3 Å². The number of nitrogens with zero attached hydrogens (tertiary/aromatic N) is 2. The molecule has 2 rings (SSSR count). The molecule has 1 aromatic carbocycles. The number of likely N-dealkylation sites (tertiary alicyclic amines) is 1. The highest BCUT2D eigenvalue weighted by molar-refractivity contribution is 6.01. The maximum atomic E-state index is 11.6. The molecule has 2 amide bonds. The molecule has 0 aromatic heterocycles. The van der Waals surface area contributed by atoms with E-state index in [9.17, 15) is 9.59 Å². The van der Waals surface area contributed by atoms with Crippen molar-refractivity contribution in [3.8, 4) is 0 Å². The van der Waals surface area contributed by atoms with Crippen molar-refractivity contribution in [3.63, 3.8) is 0 Å². The van der Waals surface area contributed by atoms with E-state index < -0.39 is 0 Å². The SMILES string of the molecule is NCCN(CCc1ccccc1)CCN1C(=O)CCC1=O. The number of amides is 2. The largest absolute Gasteiger partial charge is 0.329 e. The minimum Gasteiger partial charge on any atom is -0.329 e. The van der Waals surface area contributed by atoms with E-state index in [0.717, 1.165) is 19.5 Å². The average molecular weight is 289 g/mol. The lowest BCUT2D eigenvalue weighted by atomic mass is 10.1. The number of nitrogens with two attached hydrogens (primary N) is 1. The first-order chi connectivity index (χ1) is 10.2. The monoisotopic (exact) mass is 289 g/mol. The Morgan fingerprint density at radius 3 is 2.29 bits per heavy atom. The number of rotatable bonds is 8. The molecule has 1 fully saturated rings. The van der Waals surface area contributed by atoms with Gasteiger partial charge in [-0.1, -0.05) is 30.3 Å². The van der Waals surface area contributed by atoms with Gasteiger partial charge in [-0.15, -0.1) is 0 Å². The van der Waals surface area contributed by atoms with E-state index in [1.54, 1.807) is 0 Å². The summed E-state index contributed by atoms with van der Waals surface area (Å²) in [6.45, 7) is 3.42. The highest BCUT2D eigenvalue weighted by Gasteiger charge is 2.28. The van der Waals surface area contributed by atoms with Crippen molar-refractivity contribution in [3.05, 3.63) is 35.9 Å². The van der Waals surface area contributed by atoms with Crippen LogP contribution in [0.5, 0.6) is 0 Å². The van der Waals surface area contributed by atoms with Crippen LogP contribution in [-0.2, 0) is 16.0 Å². The van der Waals surface area contributed by atoms with E-state index in [4.69, 9.17) is 5.73 Å². The summed E-state index contributed by atoms with van der Waals surface area (Å²) < 4.78 is 0. The molecule has 1 aliphatic heterocycles. The van der Waals surface area contributed by atoms with Gasteiger partial charge in [-0.25, -0.2) is 0 Å². The molecule has 114 valence electrons. The van der Waals surface area contributed by atoms with Crippen molar-refractivity contribution < 1.29 is 9.59 Å². The predicted octanol–water partition coefficient (Wildman–Crippen LogP) is 0.639. The molecule has 21 heavy (non-hydrogen) atoms. The number of carbonyl (C=O) groups is 2. The molecule has 0 radical (unpaired) electrons. The lowest BCUT2D eigenvalue weighted by Gasteiger charge is -2.24. The lowest BCUT2D eigenvalue weighted by Crippen LogP contribution is -2.40. The second kappa shape index (κ2) is 7.90. The molecule has 1 aromatic rings. The standard InChI is InChI=1S/C16H23N3O2/c17-9-11-18(10-8-14-4-2-1-3-5-14)12-13-19-15(20)6-7-16(19)21/h1-5H,6-13,17H2. The molecule has 0 saturated carbocycles. The summed E-state index contributed by atoms with van der Waals surface area (Å²) in [5.41, 5.74) is 6.93. The molecule has 1 aliphatic rings. The molecular weight excluding hydrogens is 266 g/mol. The maximum Gasteiger partial charge on any atom is 0.229 e. The second-order valence-corrected chi connectivity index (χ2v) is 5.31. The molecule has 0 unspecified atom stereocenters. The van der Waals surface area contributed by atoms with Crippen LogP contribution in [0.3, 0.4) is 0 Å². The van der Waals surface area contributed by atoms with Crippen LogP contribution in [0.25, 0.3) is 0 Å². The quantitative estimate of drug-likeness (QED) is 0.713. The zero-order valence-electron chi connectivity index (χ0n) is 12.3. The van der Waals surface area contributed by atoms with Gasteiger partial charge >= 0.3 is 0 Å². The Balaban J connectivity index is 1.81. The molecule has 1 saturated heterocycles. The number of hydrogen-bond donors (Lipinski definition) is 1. The Morgan fingerprint density at radius 1 is 1.00 bits per heavy atom. The van der Waals surface area contributed by atoms with Gasteiger partial charge in [-0.3, -0.25) is 19.4 Å². The van der Waals surface area contributed by atoms with Crippen LogP contribution in [0.2, 0.25) is 0 Å². The van der Waals surface area contributed by atoms with Gasteiger partial charge in [0.05, 0.1) is 0 Å². The van der Waals surface area contributed by atoms with Crippen molar-refractivity contribution in [2.45, 2.75) is 19.3 Å². The van der Waals surface area contributed by atoms with Crippen LogP contribution < -0.4 is 5.73 Å². The normalized spacial score (nSPS) is 15.2. The topological polar surface area (TPSA) is 66.6 Å². The maximum absolute atomic E-state index is 11.6. The van der Waals surface area contributed by atoms with Crippen molar-refractivity contribution in [2.75, 3.05) is 32.7 Å². The van der Waals surface area contributed by atoms with E-state index in [-0.39, 0.29) is 11.8 Å². The Labute approximate surface area is 125 Å². The second-order valence-electron chi connectivity index (χ2n) is 5.31. The third kappa shape index (κ3) is 4.65. The van der Waals surface area contributed by atoms with Crippen LogP contribution in [0.4, 0.5) is 0 Å². The fraction of sp³-hybridized carbons (Fsp3) is 0.500. The van der Waals surface area contributed by atoms with Gasteiger partial charge in [-0.05, 0) is 12.0 Å². The van der Waals surface area contributed by atoms with Crippen molar-refractivity contribution in [1.82, 2.24) is 9.80 Å².